The Balaban J connectivity index is 2.32. The summed E-state index contributed by atoms with van der Waals surface area (Å²) in [6.45, 7) is 2.39. The summed E-state index contributed by atoms with van der Waals surface area (Å²) in [5.41, 5.74) is 0.00743. The molecule has 0 atom stereocenters. The normalized spacial score (nSPS) is 15.8. The van der Waals surface area contributed by atoms with Crippen LogP contribution >= 0.6 is 0 Å². The van der Waals surface area contributed by atoms with Crippen molar-refractivity contribution in [2.24, 2.45) is 0 Å². The summed E-state index contributed by atoms with van der Waals surface area (Å²) >= 11 is 0. The zero-order valence-corrected chi connectivity index (χ0v) is 10.9. The van der Waals surface area contributed by atoms with E-state index >= 15 is 0 Å². The fraction of sp³-hybridized carbons (Fsp3) is 0.545. The number of carboxylic acids is 1. The maximum atomic E-state index is 12.0. The molecule has 0 saturated heterocycles. The zero-order valence-electron chi connectivity index (χ0n) is 10.1. The van der Waals surface area contributed by atoms with Crippen molar-refractivity contribution >= 4 is 16.0 Å². The Morgan fingerprint density at radius 3 is 2.72 bits per heavy atom. The first kappa shape index (κ1) is 13.1. The molecule has 100 valence electrons. The van der Waals surface area contributed by atoms with E-state index in [1.807, 2.05) is 6.92 Å². The smallest absolute Gasteiger partial charge is 0.352 e. The van der Waals surface area contributed by atoms with Crippen molar-refractivity contribution in [3.8, 4) is 0 Å². The Bertz CT molecular complexity index is 558. The highest BCUT2D eigenvalue weighted by atomic mass is 32.2. The Labute approximate surface area is 106 Å². The molecule has 1 aliphatic rings. The summed E-state index contributed by atoms with van der Waals surface area (Å²) in [5, 5.41) is 9.03. The van der Waals surface area contributed by atoms with E-state index in [0.29, 0.717) is 6.54 Å². The zero-order chi connectivity index (χ0) is 13.3. The van der Waals surface area contributed by atoms with Gasteiger partial charge in [0.25, 0.3) is 0 Å². The molecule has 1 aromatic rings. The van der Waals surface area contributed by atoms with E-state index in [4.69, 9.17) is 5.11 Å². The monoisotopic (exact) mass is 272 g/mol. The molecule has 0 aromatic carbocycles. The number of aryl methyl sites for hydroxylation is 1. The van der Waals surface area contributed by atoms with Gasteiger partial charge in [-0.3, -0.25) is 0 Å². The van der Waals surface area contributed by atoms with Crippen LogP contribution in [-0.2, 0) is 16.6 Å². The van der Waals surface area contributed by atoms with Crippen LogP contribution in [0.4, 0.5) is 0 Å². The number of hydrogen-bond acceptors (Lipinski definition) is 3. The first-order valence-corrected chi connectivity index (χ1v) is 7.38. The highest BCUT2D eigenvalue weighted by molar-refractivity contribution is 7.89. The molecule has 18 heavy (non-hydrogen) atoms. The number of carbonyl (C=O) groups is 1. The Morgan fingerprint density at radius 2 is 2.22 bits per heavy atom. The molecule has 0 amide bonds. The summed E-state index contributed by atoms with van der Waals surface area (Å²) in [7, 11) is -3.58. The summed E-state index contributed by atoms with van der Waals surface area (Å²) in [4.78, 5) is 11.1. The van der Waals surface area contributed by atoms with Crippen molar-refractivity contribution in [2.75, 3.05) is 0 Å². The van der Waals surface area contributed by atoms with E-state index in [0.717, 1.165) is 19.3 Å². The predicted octanol–water partition coefficient (Wildman–Crippen LogP) is 1.04. The van der Waals surface area contributed by atoms with E-state index < -0.39 is 16.0 Å². The molecule has 2 rings (SSSR count). The van der Waals surface area contributed by atoms with E-state index in [1.54, 1.807) is 0 Å². The number of sulfonamides is 1. The molecule has 7 heteroatoms. The molecule has 1 heterocycles. The molecule has 6 nitrogen and oxygen atoms in total. The lowest BCUT2D eigenvalue weighted by Crippen LogP contribution is -2.25. The molecule has 1 saturated carbocycles. The maximum absolute atomic E-state index is 12.0. The van der Waals surface area contributed by atoms with Crippen molar-refractivity contribution in [2.45, 2.75) is 43.7 Å². The summed E-state index contributed by atoms with van der Waals surface area (Å²) < 4.78 is 27.9. The lowest BCUT2D eigenvalue weighted by atomic mass is 10.4. The minimum absolute atomic E-state index is 0.00743. The largest absolute Gasteiger partial charge is 0.477 e. The van der Waals surface area contributed by atoms with Crippen LogP contribution in [0.1, 0.15) is 36.7 Å². The number of aromatic carboxylic acids is 1. The average molecular weight is 272 g/mol. The Kier molecular flexibility index (Phi) is 3.45. The number of carboxylic acid groups (broad SMARTS) is 1. The third-order valence-corrected chi connectivity index (χ3v) is 4.25. The number of nitrogens with zero attached hydrogens (tertiary/aromatic N) is 1. The van der Waals surface area contributed by atoms with E-state index in [-0.39, 0.29) is 16.6 Å². The standard InChI is InChI=1S/C11H16N2O4S/c1-2-5-13-7-9(6-10(13)11(14)15)18(16,17)12-8-3-4-8/h6-8,12H,2-5H2,1H3,(H,14,15). The van der Waals surface area contributed by atoms with Crippen LogP contribution in [0.3, 0.4) is 0 Å². The molecular formula is C11H16N2O4S. The quantitative estimate of drug-likeness (QED) is 0.809. The third kappa shape index (κ3) is 2.73. The molecule has 0 spiro atoms. The van der Waals surface area contributed by atoms with Crippen LogP contribution in [-0.4, -0.2) is 30.1 Å². The minimum atomic E-state index is -3.58. The van der Waals surface area contributed by atoms with Crippen molar-refractivity contribution in [3.05, 3.63) is 18.0 Å². The van der Waals surface area contributed by atoms with Crippen molar-refractivity contribution in [1.29, 1.82) is 0 Å². The van der Waals surface area contributed by atoms with Gasteiger partial charge >= 0.3 is 5.97 Å². The van der Waals surface area contributed by atoms with Gasteiger partial charge < -0.3 is 9.67 Å². The van der Waals surface area contributed by atoms with Gasteiger partial charge in [0.1, 0.15) is 10.6 Å². The third-order valence-electron chi connectivity index (χ3n) is 2.76. The average Bonchev–Trinajstić information content (AvgIpc) is 2.95. The lowest BCUT2D eigenvalue weighted by Gasteiger charge is -2.03. The SMILES string of the molecule is CCCn1cc(S(=O)(=O)NC2CC2)cc1C(=O)O. The summed E-state index contributed by atoms with van der Waals surface area (Å²) in [6.07, 6.45) is 3.82. The van der Waals surface area contributed by atoms with Crippen LogP contribution < -0.4 is 4.72 Å². The second-order valence-corrected chi connectivity index (χ2v) is 6.17. The Morgan fingerprint density at radius 1 is 1.56 bits per heavy atom. The lowest BCUT2D eigenvalue weighted by molar-refractivity contribution is 0.0685. The molecule has 0 bridgehead atoms. The summed E-state index contributed by atoms with van der Waals surface area (Å²) in [6, 6.07) is 1.22. The van der Waals surface area contributed by atoms with Gasteiger partial charge in [0.15, 0.2) is 0 Å². The van der Waals surface area contributed by atoms with Crippen LogP contribution in [0.5, 0.6) is 0 Å². The van der Waals surface area contributed by atoms with Gasteiger partial charge in [-0.05, 0) is 25.3 Å². The fourth-order valence-corrected chi connectivity index (χ4v) is 3.07. The number of aromatic nitrogens is 1. The molecule has 2 N–H and O–H groups in total. The number of hydrogen-bond donors (Lipinski definition) is 2. The van der Waals surface area contributed by atoms with Gasteiger partial charge in [-0.25, -0.2) is 17.9 Å². The van der Waals surface area contributed by atoms with E-state index in [1.165, 1.54) is 16.8 Å². The molecule has 0 aliphatic heterocycles. The highest BCUT2D eigenvalue weighted by Gasteiger charge is 2.29. The second-order valence-electron chi connectivity index (χ2n) is 4.46. The first-order valence-electron chi connectivity index (χ1n) is 5.90. The van der Waals surface area contributed by atoms with Crippen LogP contribution in [0.15, 0.2) is 17.2 Å². The van der Waals surface area contributed by atoms with Gasteiger partial charge in [-0.15, -0.1) is 0 Å². The van der Waals surface area contributed by atoms with Crippen molar-refractivity contribution in [1.82, 2.24) is 9.29 Å². The highest BCUT2D eigenvalue weighted by Crippen LogP contribution is 2.23. The molecule has 1 aromatic heterocycles. The van der Waals surface area contributed by atoms with Crippen LogP contribution in [0, 0.1) is 0 Å². The van der Waals surface area contributed by atoms with Crippen LogP contribution in [0.25, 0.3) is 0 Å². The Hall–Kier alpha value is -1.34. The minimum Gasteiger partial charge on any atom is -0.477 e. The molecule has 1 aliphatic carbocycles. The second kappa shape index (κ2) is 4.74. The van der Waals surface area contributed by atoms with Gasteiger partial charge in [0.2, 0.25) is 10.0 Å². The number of rotatable bonds is 6. The fourth-order valence-electron chi connectivity index (χ4n) is 1.72. The summed E-state index contributed by atoms with van der Waals surface area (Å²) in [5.74, 6) is -1.11. The van der Waals surface area contributed by atoms with E-state index in [2.05, 4.69) is 4.72 Å². The van der Waals surface area contributed by atoms with E-state index in [9.17, 15) is 13.2 Å². The molecular weight excluding hydrogens is 256 g/mol. The topological polar surface area (TPSA) is 88.4 Å². The van der Waals surface area contributed by atoms with Crippen LogP contribution in [0.2, 0.25) is 0 Å². The first-order chi connectivity index (χ1) is 8.44. The number of nitrogens with one attached hydrogen (secondary N) is 1. The predicted molar refractivity (Wildman–Crippen MR) is 65.0 cm³/mol. The van der Waals surface area contributed by atoms with Gasteiger partial charge in [-0.1, -0.05) is 6.92 Å². The van der Waals surface area contributed by atoms with Crippen molar-refractivity contribution in [3.63, 3.8) is 0 Å². The molecule has 1 fully saturated rings. The van der Waals surface area contributed by atoms with Gasteiger partial charge in [-0.2, -0.15) is 0 Å². The van der Waals surface area contributed by atoms with Gasteiger partial charge in [0.05, 0.1) is 0 Å². The van der Waals surface area contributed by atoms with Crippen molar-refractivity contribution < 1.29 is 18.3 Å². The molecule has 0 radical (unpaired) electrons. The van der Waals surface area contributed by atoms with Gasteiger partial charge in [0, 0.05) is 18.8 Å². The maximum Gasteiger partial charge on any atom is 0.352 e. The molecule has 0 unspecified atom stereocenters.